The minimum absolute atomic E-state index is 0.229. The van der Waals surface area contributed by atoms with Gasteiger partial charge in [-0.25, -0.2) is 8.42 Å². The van der Waals surface area contributed by atoms with Gasteiger partial charge in [-0.15, -0.1) is 0 Å². The van der Waals surface area contributed by atoms with Crippen molar-refractivity contribution in [3.05, 3.63) is 23.2 Å². The average Bonchev–Trinajstić information content (AvgIpc) is 2.13. The van der Waals surface area contributed by atoms with Crippen molar-refractivity contribution in [3.63, 3.8) is 0 Å². The summed E-state index contributed by atoms with van der Waals surface area (Å²) in [6.45, 7) is 0. The molecule has 0 heterocycles. The van der Waals surface area contributed by atoms with Gasteiger partial charge in [-0.1, -0.05) is 11.6 Å². The first-order chi connectivity index (χ1) is 8.21. The SMILES string of the molecule is CN(C)c1ccc(NS(=O)(=O)CC(=O)O)cc1Cl. The molecule has 0 aromatic heterocycles. The normalized spacial score (nSPS) is 11.1. The van der Waals surface area contributed by atoms with E-state index in [1.807, 2.05) is 0 Å². The average molecular weight is 293 g/mol. The zero-order valence-corrected chi connectivity index (χ0v) is 11.4. The lowest BCUT2D eigenvalue weighted by Gasteiger charge is -2.15. The minimum Gasteiger partial charge on any atom is -0.480 e. The Morgan fingerprint density at radius 2 is 2.06 bits per heavy atom. The van der Waals surface area contributed by atoms with Crippen molar-refractivity contribution < 1.29 is 18.3 Å². The van der Waals surface area contributed by atoms with Crippen LogP contribution in [0.15, 0.2) is 18.2 Å². The maximum Gasteiger partial charge on any atom is 0.320 e. The quantitative estimate of drug-likeness (QED) is 0.852. The molecule has 1 rings (SSSR count). The summed E-state index contributed by atoms with van der Waals surface area (Å²) >= 11 is 5.97. The Labute approximate surface area is 110 Å². The molecular formula is C10H13ClN2O4S. The molecule has 6 nitrogen and oxygen atoms in total. The number of halogens is 1. The summed E-state index contributed by atoms with van der Waals surface area (Å²) in [5.74, 6) is -2.40. The maximum absolute atomic E-state index is 11.4. The molecule has 1 aromatic rings. The lowest BCUT2D eigenvalue weighted by Crippen LogP contribution is -2.22. The first-order valence-electron chi connectivity index (χ1n) is 4.90. The number of hydrogen-bond donors (Lipinski definition) is 2. The largest absolute Gasteiger partial charge is 0.480 e. The smallest absolute Gasteiger partial charge is 0.320 e. The van der Waals surface area contributed by atoms with E-state index in [0.717, 1.165) is 5.69 Å². The van der Waals surface area contributed by atoms with Gasteiger partial charge < -0.3 is 10.0 Å². The van der Waals surface area contributed by atoms with Gasteiger partial charge in [0.25, 0.3) is 0 Å². The molecule has 18 heavy (non-hydrogen) atoms. The number of benzene rings is 1. The summed E-state index contributed by atoms with van der Waals surface area (Å²) in [5, 5.41) is 8.82. The van der Waals surface area contributed by atoms with E-state index in [1.54, 1.807) is 25.1 Å². The van der Waals surface area contributed by atoms with Crippen molar-refractivity contribution in [1.29, 1.82) is 0 Å². The number of carbonyl (C=O) groups is 1. The second kappa shape index (κ2) is 5.45. The van der Waals surface area contributed by atoms with E-state index < -0.39 is 21.7 Å². The molecule has 0 aliphatic rings. The summed E-state index contributed by atoms with van der Waals surface area (Å²) in [5.41, 5.74) is 0.963. The predicted molar refractivity (Wildman–Crippen MR) is 70.8 cm³/mol. The standard InChI is InChI=1S/C10H13ClN2O4S/c1-13(2)9-4-3-7(5-8(9)11)12-18(16,17)6-10(14)15/h3-5,12H,6H2,1-2H3,(H,14,15). The van der Waals surface area contributed by atoms with Crippen LogP contribution in [0.25, 0.3) is 0 Å². The Morgan fingerprint density at radius 1 is 1.44 bits per heavy atom. The molecule has 0 aliphatic heterocycles. The molecule has 100 valence electrons. The number of anilines is 2. The number of nitrogens with one attached hydrogen (secondary N) is 1. The number of hydrogen-bond acceptors (Lipinski definition) is 4. The zero-order chi connectivity index (χ0) is 13.9. The van der Waals surface area contributed by atoms with Gasteiger partial charge in [0.05, 0.1) is 16.4 Å². The van der Waals surface area contributed by atoms with Crippen LogP contribution in [0.5, 0.6) is 0 Å². The van der Waals surface area contributed by atoms with Crippen molar-refractivity contribution in [2.45, 2.75) is 0 Å². The Kier molecular flexibility index (Phi) is 4.42. The number of carboxylic acids is 1. The Bertz CT molecular complexity index is 557. The number of nitrogens with zero attached hydrogens (tertiary/aromatic N) is 1. The Balaban J connectivity index is 2.94. The summed E-state index contributed by atoms with van der Waals surface area (Å²) < 4.78 is 24.9. The van der Waals surface area contributed by atoms with Crippen LogP contribution in [-0.4, -0.2) is 39.3 Å². The van der Waals surface area contributed by atoms with E-state index in [0.29, 0.717) is 5.02 Å². The third-order valence-electron chi connectivity index (χ3n) is 2.02. The molecule has 0 amide bonds. The molecule has 0 aliphatic carbocycles. The van der Waals surface area contributed by atoms with Crippen LogP contribution < -0.4 is 9.62 Å². The van der Waals surface area contributed by atoms with E-state index in [9.17, 15) is 13.2 Å². The molecule has 0 atom stereocenters. The maximum atomic E-state index is 11.4. The monoisotopic (exact) mass is 292 g/mol. The highest BCUT2D eigenvalue weighted by Gasteiger charge is 2.16. The highest BCUT2D eigenvalue weighted by Crippen LogP contribution is 2.27. The molecule has 0 bridgehead atoms. The van der Waals surface area contributed by atoms with Crippen molar-refractivity contribution in [2.24, 2.45) is 0 Å². The predicted octanol–water partition coefficient (Wildman–Crippen LogP) is 1.23. The molecular weight excluding hydrogens is 280 g/mol. The third kappa shape index (κ3) is 4.08. The third-order valence-corrected chi connectivity index (χ3v) is 3.49. The van der Waals surface area contributed by atoms with E-state index in [4.69, 9.17) is 16.7 Å². The van der Waals surface area contributed by atoms with Gasteiger partial charge in [-0.3, -0.25) is 9.52 Å². The van der Waals surface area contributed by atoms with Crippen LogP contribution in [0.2, 0.25) is 5.02 Å². The molecule has 8 heteroatoms. The van der Waals surface area contributed by atoms with E-state index in [1.165, 1.54) is 12.1 Å². The molecule has 1 aromatic carbocycles. The molecule has 0 spiro atoms. The first kappa shape index (κ1) is 14.6. The highest BCUT2D eigenvalue weighted by atomic mass is 35.5. The first-order valence-corrected chi connectivity index (χ1v) is 6.93. The highest BCUT2D eigenvalue weighted by molar-refractivity contribution is 7.93. The van der Waals surface area contributed by atoms with E-state index >= 15 is 0 Å². The van der Waals surface area contributed by atoms with Gasteiger partial charge >= 0.3 is 5.97 Å². The molecule has 0 saturated heterocycles. The van der Waals surface area contributed by atoms with Crippen molar-refractivity contribution in [2.75, 3.05) is 29.5 Å². The number of carboxylic acid groups (broad SMARTS) is 1. The fourth-order valence-corrected chi connectivity index (χ4v) is 2.54. The summed E-state index contributed by atoms with van der Waals surface area (Å²) in [7, 11) is -0.303. The van der Waals surface area contributed by atoms with Crippen LogP contribution in [0.4, 0.5) is 11.4 Å². The molecule has 0 radical (unpaired) electrons. The van der Waals surface area contributed by atoms with Gasteiger partial charge in [0.2, 0.25) is 10.0 Å². The molecule has 0 fully saturated rings. The lowest BCUT2D eigenvalue weighted by atomic mass is 10.3. The lowest BCUT2D eigenvalue weighted by molar-refractivity contribution is -0.134. The van der Waals surface area contributed by atoms with Crippen LogP contribution in [-0.2, 0) is 14.8 Å². The molecule has 2 N–H and O–H groups in total. The molecule has 0 unspecified atom stereocenters. The summed E-state index contributed by atoms with van der Waals surface area (Å²) in [4.78, 5) is 12.1. The van der Waals surface area contributed by atoms with Gasteiger partial charge in [-0.2, -0.15) is 0 Å². The fourth-order valence-electron chi connectivity index (χ4n) is 1.31. The van der Waals surface area contributed by atoms with Crippen molar-refractivity contribution >= 4 is 39.0 Å². The number of sulfonamides is 1. The van der Waals surface area contributed by atoms with Crippen LogP contribution in [0.3, 0.4) is 0 Å². The van der Waals surface area contributed by atoms with Crippen molar-refractivity contribution in [3.8, 4) is 0 Å². The van der Waals surface area contributed by atoms with Gasteiger partial charge in [0.1, 0.15) is 0 Å². The van der Waals surface area contributed by atoms with Gasteiger partial charge in [0, 0.05) is 14.1 Å². The van der Waals surface area contributed by atoms with E-state index in [-0.39, 0.29) is 5.69 Å². The second-order valence-electron chi connectivity index (χ2n) is 3.82. The van der Waals surface area contributed by atoms with Crippen LogP contribution in [0, 0.1) is 0 Å². The van der Waals surface area contributed by atoms with Gasteiger partial charge in [0.15, 0.2) is 5.75 Å². The van der Waals surface area contributed by atoms with E-state index in [2.05, 4.69) is 4.72 Å². The molecule has 0 saturated carbocycles. The van der Waals surface area contributed by atoms with Gasteiger partial charge in [-0.05, 0) is 18.2 Å². The topological polar surface area (TPSA) is 86.7 Å². The number of rotatable bonds is 5. The van der Waals surface area contributed by atoms with Crippen LogP contribution in [0.1, 0.15) is 0 Å². The minimum atomic E-state index is -3.91. The zero-order valence-electron chi connectivity index (χ0n) is 9.84. The number of aliphatic carboxylic acids is 1. The Hall–Kier alpha value is -1.47. The second-order valence-corrected chi connectivity index (χ2v) is 5.94. The summed E-state index contributed by atoms with van der Waals surface area (Å²) in [6, 6.07) is 4.58. The summed E-state index contributed by atoms with van der Waals surface area (Å²) in [6.07, 6.45) is 0. The Morgan fingerprint density at radius 3 is 2.50 bits per heavy atom. The van der Waals surface area contributed by atoms with Crippen LogP contribution >= 0.6 is 11.6 Å². The van der Waals surface area contributed by atoms with Crippen molar-refractivity contribution in [1.82, 2.24) is 0 Å². The fraction of sp³-hybridized carbons (Fsp3) is 0.300.